The van der Waals surface area contributed by atoms with Gasteiger partial charge in [-0.25, -0.2) is 4.39 Å². The number of carbonyl (C=O) groups is 2. The fourth-order valence-electron chi connectivity index (χ4n) is 2.56. The molecule has 1 aliphatic heterocycles. The highest BCUT2D eigenvalue weighted by Crippen LogP contribution is 2.20. The minimum atomic E-state index is -0.579. The summed E-state index contributed by atoms with van der Waals surface area (Å²) in [4.78, 5) is 25.5. The molecule has 2 rings (SSSR count). The summed E-state index contributed by atoms with van der Waals surface area (Å²) in [5.41, 5.74) is 0.303. The molecule has 0 radical (unpaired) electrons. The van der Waals surface area contributed by atoms with Gasteiger partial charge in [0.2, 0.25) is 5.91 Å². The number of aliphatic hydroxyl groups is 1. The predicted octanol–water partition coefficient (Wildman–Crippen LogP) is 0.927. The van der Waals surface area contributed by atoms with Crippen LogP contribution >= 0.6 is 0 Å². The Bertz CT molecular complexity index is 516. The van der Waals surface area contributed by atoms with Gasteiger partial charge in [0.05, 0.1) is 18.7 Å². The topological polar surface area (TPSA) is 69.6 Å². The van der Waals surface area contributed by atoms with E-state index >= 15 is 0 Å². The lowest BCUT2D eigenvalue weighted by Crippen LogP contribution is -2.46. The van der Waals surface area contributed by atoms with Crippen LogP contribution in [0.1, 0.15) is 30.1 Å². The van der Waals surface area contributed by atoms with E-state index in [0.29, 0.717) is 12.1 Å². The maximum absolute atomic E-state index is 12.8. The molecule has 21 heavy (non-hydrogen) atoms. The summed E-state index contributed by atoms with van der Waals surface area (Å²) in [5.74, 6) is -1.05. The lowest BCUT2D eigenvalue weighted by molar-refractivity contribution is -0.132. The van der Waals surface area contributed by atoms with Crippen LogP contribution in [-0.4, -0.2) is 47.1 Å². The fourth-order valence-corrected chi connectivity index (χ4v) is 2.56. The molecule has 0 spiro atoms. The van der Waals surface area contributed by atoms with E-state index in [1.165, 1.54) is 24.3 Å². The Kier molecular flexibility index (Phi) is 4.90. The maximum Gasteiger partial charge on any atom is 0.251 e. The second kappa shape index (κ2) is 6.67. The number of halogens is 1. The Balaban J connectivity index is 1.89. The SMILES string of the molecule is CC(O)[C@H]1CCCN1C(=O)CNC(=O)c1ccc(F)cc1. The lowest BCUT2D eigenvalue weighted by Gasteiger charge is -2.26. The van der Waals surface area contributed by atoms with Crippen molar-refractivity contribution in [2.75, 3.05) is 13.1 Å². The first-order valence-electron chi connectivity index (χ1n) is 7.00. The van der Waals surface area contributed by atoms with E-state index in [2.05, 4.69) is 5.32 Å². The molecule has 1 aromatic rings. The van der Waals surface area contributed by atoms with E-state index in [1.54, 1.807) is 11.8 Å². The molecule has 0 aromatic heterocycles. The summed E-state index contributed by atoms with van der Waals surface area (Å²) in [7, 11) is 0. The third-order valence-electron chi connectivity index (χ3n) is 3.68. The molecular weight excluding hydrogens is 275 g/mol. The van der Waals surface area contributed by atoms with Crippen molar-refractivity contribution in [2.24, 2.45) is 0 Å². The minimum Gasteiger partial charge on any atom is -0.391 e. The number of nitrogens with zero attached hydrogens (tertiary/aromatic N) is 1. The van der Waals surface area contributed by atoms with Crippen molar-refractivity contribution >= 4 is 11.8 Å². The Morgan fingerprint density at radius 2 is 2.10 bits per heavy atom. The molecule has 2 atom stereocenters. The minimum absolute atomic E-state index is 0.126. The monoisotopic (exact) mass is 294 g/mol. The summed E-state index contributed by atoms with van der Waals surface area (Å²) < 4.78 is 12.8. The van der Waals surface area contributed by atoms with Crippen LogP contribution in [0, 0.1) is 5.82 Å². The van der Waals surface area contributed by atoms with E-state index in [1.807, 2.05) is 0 Å². The number of aliphatic hydroxyl groups excluding tert-OH is 1. The van der Waals surface area contributed by atoms with Gasteiger partial charge in [-0.1, -0.05) is 0 Å². The van der Waals surface area contributed by atoms with Crippen molar-refractivity contribution in [3.05, 3.63) is 35.6 Å². The van der Waals surface area contributed by atoms with Crippen LogP contribution in [-0.2, 0) is 4.79 Å². The Labute approximate surface area is 122 Å². The van der Waals surface area contributed by atoms with Crippen molar-refractivity contribution in [1.82, 2.24) is 10.2 Å². The van der Waals surface area contributed by atoms with E-state index in [-0.39, 0.29) is 18.5 Å². The normalized spacial score (nSPS) is 19.4. The highest BCUT2D eigenvalue weighted by atomic mass is 19.1. The molecular formula is C15H19FN2O3. The zero-order valence-corrected chi connectivity index (χ0v) is 11.9. The predicted molar refractivity (Wildman–Crippen MR) is 75.1 cm³/mol. The molecule has 2 N–H and O–H groups in total. The zero-order valence-electron chi connectivity index (χ0n) is 11.9. The van der Waals surface area contributed by atoms with E-state index in [0.717, 1.165) is 12.8 Å². The molecule has 5 nitrogen and oxygen atoms in total. The second-order valence-corrected chi connectivity index (χ2v) is 5.23. The quantitative estimate of drug-likeness (QED) is 0.868. The summed E-state index contributed by atoms with van der Waals surface area (Å²) >= 11 is 0. The Hall–Kier alpha value is -1.95. The van der Waals surface area contributed by atoms with Gasteiger partial charge in [-0.15, -0.1) is 0 Å². The van der Waals surface area contributed by atoms with E-state index in [4.69, 9.17) is 0 Å². The number of hydrogen-bond donors (Lipinski definition) is 2. The van der Waals surface area contributed by atoms with Crippen LogP contribution in [0.2, 0.25) is 0 Å². The maximum atomic E-state index is 12.8. The van der Waals surface area contributed by atoms with Crippen molar-refractivity contribution < 1.29 is 19.1 Å². The van der Waals surface area contributed by atoms with Gasteiger partial charge in [-0.2, -0.15) is 0 Å². The molecule has 0 bridgehead atoms. The van der Waals surface area contributed by atoms with Gasteiger partial charge in [0.15, 0.2) is 0 Å². The highest BCUT2D eigenvalue weighted by molar-refractivity contribution is 5.96. The molecule has 1 unspecified atom stereocenters. The van der Waals surface area contributed by atoms with Crippen molar-refractivity contribution in [3.63, 3.8) is 0 Å². The van der Waals surface area contributed by atoms with Gasteiger partial charge in [0, 0.05) is 12.1 Å². The molecule has 114 valence electrons. The fraction of sp³-hybridized carbons (Fsp3) is 0.467. The number of likely N-dealkylation sites (tertiary alicyclic amines) is 1. The summed E-state index contributed by atoms with van der Waals surface area (Å²) in [6, 6.07) is 4.94. The summed E-state index contributed by atoms with van der Waals surface area (Å²) in [6.07, 6.45) is 1.05. The van der Waals surface area contributed by atoms with Crippen LogP contribution in [0.4, 0.5) is 4.39 Å². The van der Waals surface area contributed by atoms with Crippen LogP contribution in [0.3, 0.4) is 0 Å². The van der Waals surface area contributed by atoms with E-state index in [9.17, 15) is 19.1 Å². The van der Waals surface area contributed by atoms with E-state index < -0.39 is 17.8 Å². The summed E-state index contributed by atoms with van der Waals surface area (Å²) in [6.45, 7) is 2.13. The first-order chi connectivity index (χ1) is 9.99. The Morgan fingerprint density at radius 1 is 1.43 bits per heavy atom. The third kappa shape index (κ3) is 3.78. The number of carbonyl (C=O) groups excluding carboxylic acids is 2. The molecule has 1 aromatic carbocycles. The average Bonchev–Trinajstić information content (AvgIpc) is 2.95. The number of amides is 2. The van der Waals surface area contributed by atoms with Gasteiger partial charge in [-0.05, 0) is 44.0 Å². The average molecular weight is 294 g/mol. The summed E-state index contributed by atoms with van der Waals surface area (Å²) in [5, 5.41) is 12.2. The number of rotatable bonds is 4. The first-order valence-corrected chi connectivity index (χ1v) is 7.00. The van der Waals surface area contributed by atoms with Gasteiger partial charge in [0.25, 0.3) is 5.91 Å². The van der Waals surface area contributed by atoms with Crippen molar-refractivity contribution in [3.8, 4) is 0 Å². The van der Waals surface area contributed by atoms with Gasteiger partial charge in [0.1, 0.15) is 5.82 Å². The molecule has 1 aliphatic rings. The molecule has 1 fully saturated rings. The standard InChI is InChI=1S/C15H19FN2O3/c1-10(19)13-3-2-8-18(13)14(20)9-17-15(21)11-4-6-12(16)7-5-11/h4-7,10,13,19H,2-3,8-9H2,1H3,(H,17,21)/t10?,13-/m1/s1. The molecule has 1 saturated heterocycles. The Morgan fingerprint density at radius 3 is 2.71 bits per heavy atom. The van der Waals surface area contributed by atoms with Crippen LogP contribution in [0.5, 0.6) is 0 Å². The number of benzene rings is 1. The third-order valence-corrected chi connectivity index (χ3v) is 3.68. The first kappa shape index (κ1) is 15.4. The largest absolute Gasteiger partial charge is 0.391 e. The van der Waals surface area contributed by atoms with Crippen molar-refractivity contribution in [2.45, 2.75) is 31.9 Å². The number of nitrogens with one attached hydrogen (secondary N) is 1. The molecule has 6 heteroatoms. The van der Waals surface area contributed by atoms with Gasteiger partial charge >= 0.3 is 0 Å². The zero-order chi connectivity index (χ0) is 15.4. The molecule has 0 saturated carbocycles. The highest BCUT2D eigenvalue weighted by Gasteiger charge is 2.31. The molecule has 2 amide bonds. The van der Waals surface area contributed by atoms with Crippen LogP contribution in [0.15, 0.2) is 24.3 Å². The number of hydrogen-bond acceptors (Lipinski definition) is 3. The van der Waals surface area contributed by atoms with Crippen LogP contribution in [0.25, 0.3) is 0 Å². The lowest BCUT2D eigenvalue weighted by atomic mass is 10.1. The smallest absolute Gasteiger partial charge is 0.251 e. The second-order valence-electron chi connectivity index (χ2n) is 5.23. The molecule has 0 aliphatic carbocycles. The molecule has 1 heterocycles. The van der Waals surface area contributed by atoms with Crippen molar-refractivity contribution in [1.29, 1.82) is 0 Å². The van der Waals surface area contributed by atoms with Gasteiger partial charge < -0.3 is 15.3 Å². The van der Waals surface area contributed by atoms with Gasteiger partial charge in [-0.3, -0.25) is 9.59 Å². The van der Waals surface area contributed by atoms with Crippen LogP contribution < -0.4 is 5.32 Å².